The molecule has 1 amide bonds. The van der Waals surface area contributed by atoms with Gasteiger partial charge in [-0.2, -0.15) is 0 Å². The summed E-state index contributed by atoms with van der Waals surface area (Å²) in [5.41, 5.74) is 1.66. The van der Waals surface area contributed by atoms with E-state index in [1.54, 1.807) is 0 Å². The largest absolute Gasteiger partial charge is 0.348 e. The molecule has 0 bridgehead atoms. The first-order valence-electron chi connectivity index (χ1n) is 6.07. The number of amides is 1. The number of carbonyl (C=O) groups excluding carboxylic acids is 1. The van der Waals surface area contributed by atoms with Crippen LogP contribution in [0, 0.1) is 12.8 Å². The summed E-state index contributed by atoms with van der Waals surface area (Å²) in [5.74, 6) is 0.898. The van der Waals surface area contributed by atoms with Crippen molar-refractivity contribution in [3.63, 3.8) is 0 Å². The zero-order chi connectivity index (χ0) is 13.7. The van der Waals surface area contributed by atoms with E-state index in [2.05, 4.69) is 35.1 Å². The zero-order valence-corrected chi connectivity index (χ0v) is 13.3. The fourth-order valence-electron chi connectivity index (χ4n) is 1.83. The molecule has 0 saturated heterocycles. The molecule has 1 aromatic carbocycles. The second-order valence-corrected chi connectivity index (χ2v) is 6.14. The van der Waals surface area contributed by atoms with Crippen molar-refractivity contribution in [2.75, 3.05) is 5.88 Å². The van der Waals surface area contributed by atoms with E-state index in [-0.39, 0.29) is 11.9 Å². The Balaban J connectivity index is 2.77. The van der Waals surface area contributed by atoms with Gasteiger partial charge < -0.3 is 5.32 Å². The van der Waals surface area contributed by atoms with Crippen LogP contribution in [0.5, 0.6) is 0 Å². The molecule has 0 radical (unpaired) electrons. The van der Waals surface area contributed by atoms with E-state index in [0.29, 0.717) is 17.4 Å². The molecule has 0 aliphatic heterocycles. The Morgan fingerprint density at radius 2 is 2.11 bits per heavy atom. The SMILES string of the molecule is Cc1ccc(Br)cc1C(=O)NC(CCl)CC(C)C. The summed E-state index contributed by atoms with van der Waals surface area (Å²) in [6.45, 7) is 6.17. The number of halogens is 2. The molecule has 0 aliphatic rings. The lowest BCUT2D eigenvalue weighted by atomic mass is 10.0. The third-order valence-electron chi connectivity index (χ3n) is 2.72. The van der Waals surface area contributed by atoms with Gasteiger partial charge in [0.05, 0.1) is 0 Å². The van der Waals surface area contributed by atoms with Gasteiger partial charge in [0.2, 0.25) is 0 Å². The first-order chi connectivity index (χ1) is 8.43. The standard InChI is InChI=1S/C14H19BrClNO/c1-9(2)6-12(8-16)17-14(18)13-7-11(15)5-4-10(13)3/h4-5,7,9,12H,6,8H2,1-3H3,(H,17,18). The summed E-state index contributed by atoms with van der Waals surface area (Å²) in [5, 5.41) is 2.99. The van der Waals surface area contributed by atoms with Crippen molar-refractivity contribution in [2.24, 2.45) is 5.92 Å². The molecule has 1 unspecified atom stereocenters. The van der Waals surface area contributed by atoms with E-state index >= 15 is 0 Å². The lowest BCUT2D eigenvalue weighted by Crippen LogP contribution is -2.37. The predicted octanol–water partition coefficient (Wildman–Crippen LogP) is 4.14. The second-order valence-electron chi connectivity index (χ2n) is 4.91. The molecular weight excluding hydrogens is 314 g/mol. The van der Waals surface area contributed by atoms with E-state index in [9.17, 15) is 4.79 Å². The van der Waals surface area contributed by atoms with Crippen LogP contribution in [-0.4, -0.2) is 17.8 Å². The van der Waals surface area contributed by atoms with Crippen LogP contribution in [0.3, 0.4) is 0 Å². The topological polar surface area (TPSA) is 29.1 Å². The Hall–Kier alpha value is -0.540. The van der Waals surface area contributed by atoms with Crippen molar-refractivity contribution in [3.05, 3.63) is 33.8 Å². The van der Waals surface area contributed by atoms with Crippen LogP contribution in [-0.2, 0) is 0 Å². The van der Waals surface area contributed by atoms with Gasteiger partial charge >= 0.3 is 0 Å². The van der Waals surface area contributed by atoms with Crippen molar-refractivity contribution >= 4 is 33.4 Å². The van der Waals surface area contributed by atoms with Crippen LogP contribution in [0.2, 0.25) is 0 Å². The van der Waals surface area contributed by atoms with Crippen LogP contribution >= 0.6 is 27.5 Å². The highest BCUT2D eigenvalue weighted by molar-refractivity contribution is 9.10. The van der Waals surface area contributed by atoms with E-state index < -0.39 is 0 Å². The number of rotatable bonds is 5. The highest BCUT2D eigenvalue weighted by Gasteiger charge is 2.15. The summed E-state index contributed by atoms with van der Waals surface area (Å²) in [4.78, 5) is 12.2. The highest BCUT2D eigenvalue weighted by Crippen LogP contribution is 2.16. The number of nitrogens with one attached hydrogen (secondary N) is 1. The fraction of sp³-hybridized carbons (Fsp3) is 0.500. The molecule has 1 rings (SSSR count). The normalized spacial score (nSPS) is 12.6. The Morgan fingerprint density at radius 1 is 1.44 bits per heavy atom. The summed E-state index contributed by atoms with van der Waals surface area (Å²) < 4.78 is 0.907. The Kier molecular flexibility index (Phi) is 6.16. The quantitative estimate of drug-likeness (QED) is 0.807. The molecule has 4 heteroatoms. The monoisotopic (exact) mass is 331 g/mol. The Labute approximate surface area is 122 Å². The number of hydrogen-bond acceptors (Lipinski definition) is 1. The molecule has 0 aromatic heterocycles. The average Bonchev–Trinajstić information content (AvgIpc) is 2.30. The van der Waals surface area contributed by atoms with Gasteiger partial charge in [0, 0.05) is 22.0 Å². The second kappa shape index (κ2) is 7.15. The van der Waals surface area contributed by atoms with Crippen molar-refractivity contribution in [2.45, 2.75) is 33.2 Å². The average molecular weight is 333 g/mol. The molecule has 2 nitrogen and oxygen atoms in total. The zero-order valence-electron chi connectivity index (χ0n) is 11.0. The van der Waals surface area contributed by atoms with Crippen molar-refractivity contribution in [1.29, 1.82) is 0 Å². The first-order valence-corrected chi connectivity index (χ1v) is 7.39. The van der Waals surface area contributed by atoms with Crippen molar-refractivity contribution < 1.29 is 4.79 Å². The maximum Gasteiger partial charge on any atom is 0.251 e. The Bertz CT molecular complexity index is 420. The van der Waals surface area contributed by atoms with Gasteiger partial charge in [-0.1, -0.05) is 35.8 Å². The van der Waals surface area contributed by atoms with E-state index in [1.165, 1.54) is 0 Å². The Morgan fingerprint density at radius 3 is 2.67 bits per heavy atom. The number of alkyl halides is 1. The summed E-state index contributed by atoms with van der Waals surface area (Å²) in [6, 6.07) is 5.72. The lowest BCUT2D eigenvalue weighted by Gasteiger charge is -2.18. The van der Waals surface area contributed by atoms with Crippen LogP contribution < -0.4 is 5.32 Å². The maximum absolute atomic E-state index is 12.2. The molecule has 18 heavy (non-hydrogen) atoms. The van der Waals surface area contributed by atoms with Crippen molar-refractivity contribution in [1.82, 2.24) is 5.32 Å². The van der Waals surface area contributed by atoms with Gasteiger partial charge in [0.1, 0.15) is 0 Å². The molecule has 1 aromatic rings. The van der Waals surface area contributed by atoms with Gasteiger partial charge in [0.15, 0.2) is 0 Å². The van der Waals surface area contributed by atoms with Crippen LogP contribution in [0.4, 0.5) is 0 Å². The molecule has 1 N–H and O–H groups in total. The van der Waals surface area contributed by atoms with Gasteiger partial charge in [0.25, 0.3) is 5.91 Å². The van der Waals surface area contributed by atoms with Crippen LogP contribution in [0.1, 0.15) is 36.2 Å². The summed E-state index contributed by atoms with van der Waals surface area (Å²) >= 11 is 9.27. The van der Waals surface area contributed by atoms with Gasteiger partial charge in [-0.05, 0) is 37.0 Å². The summed E-state index contributed by atoms with van der Waals surface area (Å²) in [7, 11) is 0. The van der Waals surface area contributed by atoms with Crippen molar-refractivity contribution in [3.8, 4) is 0 Å². The first kappa shape index (κ1) is 15.5. The molecule has 0 heterocycles. The minimum absolute atomic E-state index is 0.0255. The summed E-state index contributed by atoms with van der Waals surface area (Å²) in [6.07, 6.45) is 0.891. The molecule has 0 spiro atoms. The van der Waals surface area contributed by atoms with Gasteiger partial charge in [-0.3, -0.25) is 4.79 Å². The molecular formula is C14H19BrClNO. The van der Waals surface area contributed by atoms with Crippen LogP contribution in [0.15, 0.2) is 22.7 Å². The molecule has 100 valence electrons. The minimum Gasteiger partial charge on any atom is -0.348 e. The molecule has 0 fully saturated rings. The number of aryl methyl sites for hydroxylation is 1. The molecule has 0 saturated carbocycles. The smallest absolute Gasteiger partial charge is 0.251 e. The lowest BCUT2D eigenvalue weighted by molar-refractivity contribution is 0.0936. The van der Waals surface area contributed by atoms with E-state index in [4.69, 9.17) is 11.6 Å². The van der Waals surface area contributed by atoms with E-state index in [1.807, 2.05) is 25.1 Å². The van der Waals surface area contributed by atoms with E-state index in [0.717, 1.165) is 16.5 Å². The third kappa shape index (κ3) is 4.62. The third-order valence-corrected chi connectivity index (χ3v) is 3.59. The van der Waals surface area contributed by atoms with Gasteiger partial charge in [-0.25, -0.2) is 0 Å². The number of benzene rings is 1. The fourth-order valence-corrected chi connectivity index (χ4v) is 2.40. The highest BCUT2D eigenvalue weighted by atomic mass is 79.9. The molecule has 0 aliphatic carbocycles. The minimum atomic E-state index is -0.0555. The number of hydrogen-bond donors (Lipinski definition) is 1. The number of carbonyl (C=O) groups is 1. The van der Waals surface area contributed by atoms with Gasteiger partial charge in [-0.15, -0.1) is 11.6 Å². The molecule has 1 atom stereocenters. The predicted molar refractivity (Wildman–Crippen MR) is 80.3 cm³/mol. The maximum atomic E-state index is 12.2. The van der Waals surface area contributed by atoms with Crippen LogP contribution in [0.25, 0.3) is 0 Å².